The Labute approximate surface area is 119 Å². The highest BCUT2D eigenvalue weighted by Gasteiger charge is 2.32. The Morgan fingerprint density at radius 3 is 2.65 bits per heavy atom. The maximum Gasteiger partial charge on any atom is 0.271 e. The van der Waals surface area contributed by atoms with Gasteiger partial charge < -0.3 is 15.3 Å². The van der Waals surface area contributed by atoms with Gasteiger partial charge in [-0.05, 0) is 31.9 Å². The van der Waals surface area contributed by atoms with Gasteiger partial charge in [0.15, 0.2) is 11.5 Å². The molecule has 0 spiro atoms. The molecule has 20 heavy (non-hydrogen) atoms. The molecule has 0 radical (unpaired) electrons. The van der Waals surface area contributed by atoms with Crippen LogP contribution in [0.2, 0.25) is 0 Å². The minimum absolute atomic E-state index is 0.219. The molecular formula is C14H22N4O2. The number of rotatable bonds is 5. The van der Waals surface area contributed by atoms with Gasteiger partial charge in [-0.1, -0.05) is 12.8 Å². The van der Waals surface area contributed by atoms with Crippen LogP contribution in [0.1, 0.15) is 43.1 Å². The molecule has 1 aliphatic rings. The molecule has 0 aliphatic heterocycles. The predicted octanol–water partition coefficient (Wildman–Crippen LogP) is 0.968. The Hall–Kier alpha value is -1.69. The number of likely N-dealkylation sites (N-methyl/N-ethyl adjacent to an activating group) is 1. The fourth-order valence-electron chi connectivity index (χ4n) is 2.61. The van der Waals surface area contributed by atoms with Crippen LogP contribution in [0, 0.1) is 0 Å². The Morgan fingerprint density at radius 1 is 1.40 bits per heavy atom. The molecule has 0 saturated heterocycles. The number of aromatic nitrogens is 2. The summed E-state index contributed by atoms with van der Waals surface area (Å²) in [6.07, 6.45) is 3.82. The maximum absolute atomic E-state index is 11.6. The SMILES string of the molecule is CCNC(=O)c1ccc(N(C)CC2(O)CCCC2)nn1. The minimum Gasteiger partial charge on any atom is -0.388 e. The summed E-state index contributed by atoms with van der Waals surface area (Å²) >= 11 is 0. The summed E-state index contributed by atoms with van der Waals surface area (Å²) in [4.78, 5) is 13.5. The lowest BCUT2D eigenvalue weighted by Crippen LogP contribution is -2.39. The van der Waals surface area contributed by atoms with Gasteiger partial charge in [-0.25, -0.2) is 0 Å². The summed E-state index contributed by atoms with van der Waals surface area (Å²) in [5.74, 6) is 0.446. The van der Waals surface area contributed by atoms with Crippen LogP contribution in [-0.2, 0) is 0 Å². The molecule has 2 rings (SSSR count). The van der Waals surface area contributed by atoms with E-state index in [1.807, 2.05) is 18.9 Å². The summed E-state index contributed by atoms with van der Waals surface area (Å²) in [5.41, 5.74) is -0.308. The Bertz CT molecular complexity index is 455. The third-order valence-corrected chi connectivity index (χ3v) is 3.68. The van der Waals surface area contributed by atoms with Gasteiger partial charge in [-0.3, -0.25) is 4.79 Å². The number of carbonyl (C=O) groups is 1. The van der Waals surface area contributed by atoms with Crippen molar-refractivity contribution in [1.82, 2.24) is 15.5 Å². The van der Waals surface area contributed by atoms with Crippen LogP contribution in [0.5, 0.6) is 0 Å². The summed E-state index contributed by atoms with van der Waals surface area (Å²) < 4.78 is 0. The number of aliphatic hydroxyl groups is 1. The second kappa shape index (κ2) is 6.17. The van der Waals surface area contributed by atoms with Gasteiger partial charge in [0, 0.05) is 20.1 Å². The van der Waals surface area contributed by atoms with Gasteiger partial charge in [0.05, 0.1) is 5.60 Å². The van der Waals surface area contributed by atoms with Crippen molar-refractivity contribution in [2.45, 2.75) is 38.2 Å². The summed E-state index contributed by atoms with van der Waals surface area (Å²) in [7, 11) is 1.88. The Balaban J connectivity index is 2.00. The largest absolute Gasteiger partial charge is 0.388 e. The topological polar surface area (TPSA) is 78.4 Å². The van der Waals surface area contributed by atoms with Crippen molar-refractivity contribution in [1.29, 1.82) is 0 Å². The highest BCUT2D eigenvalue weighted by Crippen LogP contribution is 2.30. The molecule has 1 fully saturated rings. The molecule has 1 aliphatic carbocycles. The minimum atomic E-state index is -0.616. The molecule has 6 nitrogen and oxygen atoms in total. The van der Waals surface area contributed by atoms with E-state index >= 15 is 0 Å². The van der Waals surface area contributed by atoms with E-state index in [1.54, 1.807) is 12.1 Å². The highest BCUT2D eigenvalue weighted by atomic mass is 16.3. The van der Waals surface area contributed by atoms with Crippen molar-refractivity contribution in [3.05, 3.63) is 17.8 Å². The zero-order chi connectivity index (χ0) is 14.6. The molecule has 1 heterocycles. The Morgan fingerprint density at radius 2 is 2.10 bits per heavy atom. The molecule has 6 heteroatoms. The average Bonchev–Trinajstić information content (AvgIpc) is 2.85. The fourth-order valence-corrected chi connectivity index (χ4v) is 2.61. The van der Waals surface area contributed by atoms with Crippen LogP contribution < -0.4 is 10.2 Å². The quantitative estimate of drug-likeness (QED) is 0.839. The zero-order valence-electron chi connectivity index (χ0n) is 12.1. The average molecular weight is 278 g/mol. The molecule has 0 unspecified atom stereocenters. The molecule has 110 valence electrons. The summed E-state index contributed by atoms with van der Waals surface area (Å²) in [6.45, 7) is 2.97. The first-order valence-corrected chi connectivity index (χ1v) is 7.09. The number of amides is 1. The number of hydrogen-bond donors (Lipinski definition) is 2. The Kier molecular flexibility index (Phi) is 4.54. The lowest BCUT2D eigenvalue weighted by molar-refractivity contribution is 0.0557. The van der Waals surface area contributed by atoms with Gasteiger partial charge >= 0.3 is 0 Å². The molecule has 1 aromatic heterocycles. The maximum atomic E-state index is 11.6. The van der Waals surface area contributed by atoms with Crippen molar-refractivity contribution in [2.75, 3.05) is 25.0 Å². The fraction of sp³-hybridized carbons (Fsp3) is 0.643. The smallest absolute Gasteiger partial charge is 0.271 e. The second-order valence-electron chi connectivity index (χ2n) is 5.42. The molecule has 2 N–H and O–H groups in total. The van der Waals surface area contributed by atoms with Crippen molar-refractivity contribution in [3.63, 3.8) is 0 Å². The van der Waals surface area contributed by atoms with E-state index in [9.17, 15) is 9.90 Å². The molecule has 0 bridgehead atoms. The number of hydrogen-bond acceptors (Lipinski definition) is 5. The van der Waals surface area contributed by atoms with E-state index < -0.39 is 5.60 Å². The van der Waals surface area contributed by atoms with Crippen LogP contribution in [-0.4, -0.2) is 46.9 Å². The van der Waals surface area contributed by atoms with Gasteiger partial charge in [-0.15, -0.1) is 10.2 Å². The lowest BCUT2D eigenvalue weighted by atomic mass is 10.0. The van der Waals surface area contributed by atoms with Gasteiger partial charge in [0.25, 0.3) is 5.91 Å². The summed E-state index contributed by atoms with van der Waals surface area (Å²) in [6, 6.07) is 3.42. The third kappa shape index (κ3) is 3.45. The van der Waals surface area contributed by atoms with Crippen LogP contribution in [0.25, 0.3) is 0 Å². The molecule has 0 atom stereocenters. The number of nitrogens with zero attached hydrogens (tertiary/aromatic N) is 3. The van der Waals surface area contributed by atoms with Gasteiger partial charge in [-0.2, -0.15) is 0 Å². The van der Waals surface area contributed by atoms with E-state index in [0.717, 1.165) is 25.7 Å². The molecule has 1 amide bonds. The first kappa shape index (κ1) is 14.7. The predicted molar refractivity (Wildman–Crippen MR) is 76.7 cm³/mol. The van der Waals surface area contributed by atoms with E-state index in [1.165, 1.54) is 0 Å². The number of carbonyl (C=O) groups excluding carboxylic acids is 1. The standard InChI is InChI=1S/C14H22N4O2/c1-3-15-13(19)11-6-7-12(17-16-11)18(2)10-14(20)8-4-5-9-14/h6-7,20H,3-5,8-10H2,1-2H3,(H,15,19). The first-order valence-electron chi connectivity index (χ1n) is 7.09. The van der Waals surface area contributed by atoms with Crippen LogP contribution in [0.15, 0.2) is 12.1 Å². The molecule has 1 saturated carbocycles. The molecular weight excluding hydrogens is 256 g/mol. The molecule has 0 aromatic carbocycles. The van der Waals surface area contributed by atoms with Gasteiger partial charge in [0.1, 0.15) is 0 Å². The van der Waals surface area contributed by atoms with E-state index in [2.05, 4.69) is 15.5 Å². The van der Waals surface area contributed by atoms with Crippen LogP contribution in [0.3, 0.4) is 0 Å². The van der Waals surface area contributed by atoms with Crippen LogP contribution >= 0.6 is 0 Å². The first-order chi connectivity index (χ1) is 9.54. The summed E-state index contributed by atoms with van der Waals surface area (Å²) in [5, 5.41) is 21.1. The monoisotopic (exact) mass is 278 g/mol. The highest BCUT2D eigenvalue weighted by molar-refractivity contribution is 5.92. The van der Waals surface area contributed by atoms with E-state index in [0.29, 0.717) is 24.6 Å². The normalized spacial score (nSPS) is 16.9. The van der Waals surface area contributed by atoms with E-state index in [-0.39, 0.29) is 5.91 Å². The third-order valence-electron chi connectivity index (χ3n) is 3.68. The number of anilines is 1. The van der Waals surface area contributed by atoms with Crippen molar-refractivity contribution in [3.8, 4) is 0 Å². The number of nitrogens with one attached hydrogen (secondary N) is 1. The van der Waals surface area contributed by atoms with Gasteiger partial charge in [0.2, 0.25) is 0 Å². The zero-order valence-corrected chi connectivity index (χ0v) is 12.1. The van der Waals surface area contributed by atoms with Crippen molar-refractivity contribution < 1.29 is 9.90 Å². The van der Waals surface area contributed by atoms with Crippen LogP contribution in [0.4, 0.5) is 5.82 Å². The van der Waals surface area contributed by atoms with Crippen molar-refractivity contribution >= 4 is 11.7 Å². The van der Waals surface area contributed by atoms with Crippen molar-refractivity contribution in [2.24, 2.45) is 0 Å². The van der Waals surface area contributed by atoms with E-state index in [4.69, 9.17) is 0 Å². The lowest BCUT2D eigenvalue weighted by Gasteiger charge is -2.28. The second-order valence-corrected chi connectivity index (χ2v) is 5.42. The molecule has 1 aromatic rings.